The monoisotopic (exact) mass is 399 g/mol. The molecule has 7 heteroatoms. The van der Waals surface area contributed by atoms with Gasteiger partial charge in [-0.2, -0.15) is 5.26 Å². The number of nitrogens with zero attached hydrogens (tertiary/aromatic N) is 1. The van der Waals surface area contributed by atoms with E-state index >= 15 is 0 Å². The molecular weight excluding hydrogens is 378 g/mol. The molecule has 2 bridgehead atoms. The maximum absolute atomic E-state index is 12.5. The Morgan fingerprint density at radius 1 is 1.26 bits per heavy atom. The van der Waals surface area contributed by atoms with E-state index in [4.69, 9.17) is 0 Å². The molecule has 0 aromatic carbocycles. The van der Waals surface area contributed by atoms with Crippen LogP contribution >= 0.6 is 22.7 Å². The van der Waals surface area contributed by atoms with Crippen molar-refractivity contribution in [3.05, 3.63) is 34.0 Å². The molecule has 2 aromatic rings. The summed E-state index contributed by atoms with van der Waals surface area (Å²) in [6.07, 6.45) is 3.83. The average molecular weight is 400 g/mol. The smallest absolute Gasteiger partial charge is 0.238 e. The van der Waals surface area contributed by atoms with Crippen molar-refractivity contribution < 1.29 is 9.59 Å². The Balaban J connectivity index is 1.39. The first-order valence-electron chi connectivity index (χ1n) is 9.19. The summed E-state index contributed by atoms with van der Waals surface area (Å²) >= 11 is 3.09. The van der Waals surface area contributed by atoms with Crippen LogP contribution in [0.4, 0.5) is 0 Å². The summed E-state index contributed by atoms with van der Waals surface area (Å²) in [5, 5.41) is 15.8. The van der Waals surface area contributed by atoms with Gasteiger partial charge in [-0.25, -0.2) is 0 Å². The molecule has 0 radical (unpaired) electrons. The van der Waals surface area contributed by atoms with E-state index < -0.39 is 6.04 Å². The highest BCUT2D eigenvalue weighted by Gasteiger charge is 2.43. The highest BCUT2D eigenvalue weighted by atomic mass is 32.1. The summed E-state index contributed by atoms with van der Waals surface area (Å²) in [5.41, 5.74) is 0. The second-order valence-corrected chi connectivity index (χ2v) is 9.55. The Labute approximate surface area is 166 Å². The van der Waals surface area contributed by atoms with Crippen LogP contribution in [-0.4, -0.2) is 29.8 Å². The van der Waals surface area contributed by atoms with Crippen molar-refractivity contribution in [3.63, 3.8) is 0 Å². The minimum Gasteiger partial charge on any atom is -0.339 e. The molecule has 4 rings (SSSR count). The van der Waals surface area contributed by atoms with Crippen molar-refractivity contribution in [2.24, 2.45) is 5.92 Å². The van der Waals surface area contributed by atoms with Gasteiger partial charge in [0.05, 0.1) is 17.0 Å². The number of nitriles is 1. The first kappa shape index (κ1) is 18.4. The molecule has 140 valence electrons. The minimum atomic E-state index is -0.527. The molecule has 5 nitrogen and oxygen atoms in total. The fourth-order valence-corrected chi connectivity index (χ4v) is 6.07. The number of fused-ring (bicyclic) bond motifs is 2. The zero-order valence-electron chi connectivity index (χ0n) is 15.0. The number of ketones is 1. The lowest BCUT2D eigenvalue weighted by Crippen LogP contribution is -2.50. The van der Waals surface area contributed by atoms with Crippen molar-refractivity contribution in [1.29, 1.82) is 5.26 Å². The SMILES string of the molecule is CC(=O)c1ccc(-c2ccc(C[C@@H](C#N)NC(=O)C3NC4CCC3C4)s2)s1. The summed E-state index contributed by atoms with van der Waals surface area (Å²) in [6.45, 7) is 1.57. The average Bonchev–Trinajstić information content (AvgIpc) is 3.43. The van der Waals surface area contributed by atoms with E-state index in [9.17, 15) is 14.9 Å². The molecule has 2 aliphatic rings. The molecular formula is C20H21N3O2S2. The topological polar surface area (TPSA) is 82.0 Å². The standard InChI is InChI=1S/C20H21N3O2S2/c1-11(24)16-6-7-18(27-16)17-5-4-15(26-17)9-14(10-21)23-20(25)19-12-2-3-13(8-12)22-19/h4-7,12-14,19,22H,2-3,8-9H2,1H3,(H,23,25)/t12?,13?,14-,19?/m0/s1. The van der Waals surface area contributed by atoms with E-state index in [0.717, 1.165) is 38.8 Å². The summed E-state index contributed by atoms with van der Waals surface area (Å²) in [5.74, 6) is 0.441. The molecule has 2 N–H and O–H groups in total. The number of nitrogens with one attached hydrogen (secondary N) is 2. The molecule has 2 aromatic heterocycles. The van der Waals surface area contributed by atoms with Gasteiger partial charge in [-0.05, 0) is 56.4 Å². The van der Waals surface area contributed by atoms with Crippen LogP contribution in [0.3, 0.4) is 0 Å². The van der Waals surface area contributed by atoms with Crippen LogP contribution in [-0.2, 0) is 11.2 Å². The maximum Gasteiger partial charge on any atom is 0.238 e. The van der Waals surface area contributed by atoms with E-state index in [2.05, 4.69) is 16.7 Å². The zero-order valence-corrected chi connectivity index (χ0v) is 16.7. The molecule has 1 aliphatic heterocycles. The van der Waals surface area contributed by atoms with E-state index in [0.29, 0.717) is 18.4 Å². The number of carbonyl (C=O) groups excluding carboxylic acids is 2. The van der Waals surface area contributed by atoms with Crippen molar-refractivity contribution >= 4 is 34.4 Å². The Hall–Kier alpha value is -2.01. The summed E-state index contributed by atoms with van der Waals surface area (Å²) in [7, 11) is 0. The number of rotatable bonds is 6. The van der Waals surface area contributed by atoms with Crippen LogP contribution in [0, 0.1) is 17.2 Å². The highest BCUT2D eigenvalue weighted by molar-refractivity contribution is 7.23. The Morgan fingerprint density at radius 2 is 2.04 bits per heavy atom. The van der Waals surface area contributed by atoms with Gasteiger partial charge in [0.15, 0.2) is 5.78 Å². The van der Waals surface area contributed by atoms with Crippen LogP contribution in [0.5, 0.6) is 0 Å². The lowest BCUT2D eigenvalue weighted by atomic mass is 9.99. The fourth-order valence-electron chi connectivity index (χ4n) is 4.02. The molecule has 1 saturated heterocycles. The van der Waals surface area contributed by atoms with Crippen molar-refractivity contribution in [2.45, 2.75) is 50.7 Å². The van der Waals surface area contributed by atoms with Crippen LogP contribution in [0.2, 0.25) is 0 Å². The van der Waals surface area contributed by atoms with Gasteiger partial charge >= 0.3 is 0 Å². The quantitative estimate of drug-likeness (QED) is 0.730. The van der Waals surface area contributed by atoms with Gasteiger partial charge in [-0.1, -0.05) is 0 Å². The van der Waals surface area contributed by atoms with E-state index in [1.165, 1.54) is 11.3 Å². The molecule has 2 fully saturated rings. The van der Waals surface area contributed by atoms with Crippen molar-refractivity contribution in [1.82, 2.24) is 10.6 Å². The Kier molecular flexibility index (Phi) is 5.13. The fraction of sp³-hybridized carbons (Fsp3) is 0.450. The molecule has 27 heavy (non-hydrogen) atoms. The van der Waals surface area contributed by atoms with Gasteiger partial charge in [-0.3, -0.25) is 9.59 Å². The minimum absolute atomic E-state index is 0.0464. The molecule has 4 atom stereocenters. The third kappa shape index (κ3) is 3.84. The Bertz CT molecular complexity index is 910. The van der Waals surface area contributed by atoms with Crippen LogP contribution < -0.4 is 10.6 Å². The zero-order chi connectivity index (χ0) is 19.0. The molecule has 1 amide bonds. The van der Waals surface area contributed by atoms with E-state index in [1.807, 2.05) is 24.3 Å². The summed E-state index contributed by atoms with van der Waals surface area (Å²) in [4.78, 5) is 27.9. The third-order valence-corrected chi connectivity index (χ3v) is 7.87. The normalized spacial score (nSPS) is 24.5. The van der Waals surface area contributed by atoms with E-state index in [-0.39, 0.29) is 17.7 Å². The highest BCUT2D eigenvalue weighted by Crippen LogP contribution is 2.36. The van der Waals surface area contributed by atoms with Gasteiger partial charge < -0.3 is 10.6 Å². The number of carbonyl (C=O) groups is 2. The number of Topliss-reactive ketones (excluding diaryl/α,β-unsaturated/α-hetero) is 1. The van der Waals surface area contributed by atoms with Crippen LogP contribution in [0.25, 0.3) is 9.75 Å². The second kappa shape index (κ2) is 7.55. The largest absolute Gasteiger partial charge is 0.339 e. The maximum atomic E-state index is 12.5. The van der Waals surface area contributed by atoms with Gasteiger partial charge in [0.1, 0.15) is 6.04 Å². The predicted molar refractivity (Wildman–Crippen MR) is 107 cm³/mol. The Morgan fingerprint density at radius 3 is 2.67 bits per heavy atom. The van der Waals surface area contributed by atoms with E-state index in [1.54, 1.807) is 18.3 Å². The molecule has 3 heterocycles. The van der Waals surface area contributed by atoms with Gasteiger partial charge in [0.25, 0.3) is 0 Å². The van der Waals surface area contributed by atoms with Gasteiger partial charge in [-0.15, -0.1) is 22.7 Å². The molecule has 1 saturated carbocycles. The number of hydrogen-bond acceptors (Lipinski definition) is 6. The van der Waals surface area contributed by atoms with Crippen LogP contribution in [0.15, 0.2) is 24.3 Å². The molecule has 0 spiro atoms. The number of hydrogen-bond donors (Lipinski definition) is 2. The molecule has 3 unspecified atom stereocenters. The number of piperidine rings is 1. The van der Waals surface area contributed by atoms with Crippen LogP contribution in [0.1, 0.15) is 40.7 Å². The number of thiophene rings is 2. The third-order valence-electron chi connectivity index (χ3n) is 5.38. The lowest BCUT2D eigenvalue weighted by molar-refractivity contribution is -0.124. The van der Waals surface area contributed by atoms with Gasteiger partial charge in [0.2, 0.25) is 5.91 Å². The summed E-state index contributed by atoms with van der Waals surface area (Å²) < 4.78 is 0. The first-order valence-corrected chi connectivity index (χ1v) is 10.8. The van der Waals surface area contributed by atoms with Crippen molar-refractivity contribution in [2.75, 3.05) is 0 Å². The first-order chi connectivity index (χ1) is 13.0. The number of amides is 1. The molecule has 1 aliphatic carbocycles. The second-order valence-electron chi connectivity index (χ2n) is 7.29. The van der Waals surface area contributed by atoms with Crippen molar-refractivity contribution in [3.8, 4) is 15.8 Å². The van der Waals surface area contributed by atoms with Gasteiger partial charge in [0, 0.05) is 27.1 Å². The summed E-state index contributed by atoms with van der Waals surface area (Å²) in [6, 6.07) is 9.85. The lowest BCUT2D eigenvalue weighted by Gasteiger charge is -2.23. The predicted octanol–water partition coefficient (Wildman–Crippen LogP) is 3.37.